The molecule has 7 heteroatoms. The molecule has 0 N–H and O–H groups in total. The van der Waals surface area contributed by atoms with Crippen molar-refractivity contribution in [2.75, 3.05) is 6.26 Å². The normalized spacial score (nSPS) is 13.1. The van der Waals surface area contributed by atoms with E-state index in [2.05, 4.69) is 21.0 Å². The minimum absolute atomic E-state index is 0.0226. The Bertz CT molecular complexity index is 573. The quantitative estimate of drug-likeness (QED) is 0.790. The molecule has 0 radical (unpaired) electrons. The fourth-order valence-corrected chi connectivity index (χ4v) is 2.29. The van der Waals surface area contributed by atoms with Crippen molar-refractivity contribution in [3.05, 3.63) is 16.4 Å². The number of Topliss-reactive ketones (excluding diaryl/α,β-unsaturated/α-hetero) is 1. The molecule has 5 nitrogen and oxygen atoms in total. The predicted octanol–water partition coefficient (Wildman–Crippen LogP) is 2.23. The second-order valence-corrected chi connectivity index (χ2v) is 8.41. The molecule has 0 saturated carbocycles. The standard InChI is InChI=1S/C11H17BrN2O3S/c1-7(2)14-9(8(12)6-13-14)10(15)11(3,4)18(5,16)17/h6-7H,1-5H3. The van der Waals surface area contributed by atoms with E-state index in [-0.39, 0.29) is 6.04 Å². The Kier molecular flexibility index (Phi) is 4.07. The average molecular weight is 337 g/mol. The van der Waals surface area contributed by atoms with Crippen molar-refractivity contribution in [1.82, 2.24) is 9.78 Å². The second-order valence-electron chi connectivity index (χ2n) is 4.99. The number of ketones is 1. The van der Waals surface area contributed by atoms with E-state index >= 15 is 0 Å². The molecule has 0 saturated heterocycles. The van der Waals surface area contributed by atoms with E-state index in [9.17, 15) is 13.2 Å². The van der Waals surface area contributed by atoms with Gasteiger partial charge in [0.05, 0.1) is 10.7 Å². The molecular weight excluding hydrogens is 320 g/mol. The van der Waals surface area contributed by atoms with E-state index < -0.39 is 20.4 Å². The summed E-state index contributed by atoms with van der Waals surface area (Å²) in [5.74, 6) is -0.455. The maximum Gasteiger partial charge on any atom is 0.202 e. The van der Waals surface area contributed by atoms with Crippen LogP contribution in [0.25, 0.3) is 0 Å². The van der Waals surface area contributed by atoms with Gasteiger partial charge in [-0.05, 0) is 43.6 Å². The predicted molar refractivity (Wildman–Crippen MR) is 73.6 cm³/mol. The molecule has 0 aliphatic heterocycles. The van der Waals surface area contributed by atoms with Gasteiger partial charge < -0.3 is 0 Å². The Morgan fingerprint density at radius 2 is 1.94 bits per heavy atom. The highest BCUT2D eigenvalue weighted by molar-refractivity contribution is 9.10. The lowest BCUT2D eigenvalue weighted by Crippen LogP contribution is -2.41. The number of hydrogen-bond acceptors (Lipinski definition) is 4. The van der Waals surface area contributed by atoms with Gasteiger partial charge in [0.15, 0.2) is 9.84 Å². The van der Waals surface area contributed by atoms with Crippen LogP contribution in [0.1, 0.15) is 44.2 Å². The molecule has 0 aliphatic rings. The number of carbonyl (C=O) groups is 1. The van der Waals surface area contributed by atoms with Gasteiger partial charge in [0.25, 0.3) is 0 Å². The summed E-state index contributed by atoms with van der Waals surface area (Å²) in [6.07, 6.45) is 2.57. The van der Waals surface area contributed by atoms with Crippen LogP contribution in [0.2, 0.25) is 0 Å². The summed E-state index contributed by atoms with van der Waals surface area (Å²) in [6.45, 7) is 6.58. The summed E-state index contributed by atoms with van der Waals surface area (Å²) < 4.78 is 24.0. The lowest BCUT2D eigenvalue weighted by molar-refractivity contribution is 0.0940. The largest absolute Gasteiger partial charge is 0.291 e. The first-order chi connectivity index (χ1) is 8.00. The summed E-state index contributed by atoms with van der Waals surface area (Å²) >= 11 is 3.25. The van der Waals surface area contributed by atoms with Gasteiger partial charge in [-0.2, -0.15) is 5.10 Å². The van der Waals surface area contributed by atoms with Crippen molar-refractivity contribution < 1.29 is 13.2 Å². The number of nitrogens with zero attached hydrogens (tertiary/aromatic N) is 2. The van der Waals surface area contributed by atoms with Gasteiger partial charge in [-0.15, -0.1) is 0 Å². The molecule has 0 unspecified atom stereocenters. The van der Waals surface area contributed by atoms with Crippen molar-refractivity contribution >= 4 is 31.6 Å². The fraction of sp³-hybridized carbons (Fsp3) is 0.636. The zero-order valence-electron chi connectivity index (χ0n) is 11.1. The summed E-state index contributed by atoms with van der Waals surface area (Å²) in [6, 6.07) is -0.0226. The third-order valence-corrected chi connectivity index (χ3v) is 5.55. The van der Waals surface area contributed by atoms with E-state index in [1.165, 1.54) is 24.7 Å². The van der Waals surface area contributed by atoms with Crippen molar-refractivity contribution in [3.63, 3.8) is 0 Å². The highest BCUT2D eigenvalue weighted by atomic mass is 79.9. The molecule has 0 fully saturated rings. The van der Waals surface area contributed by atoms with Crippen LogP contribution in [0.4, 0.5) is 0 Å². The minimum Gasteiger partial charge on any atom is -0.291 e. The molecule has 18 heavy (non-hydrogen) atoms. The molecule has 1 aromatic rings. The lowest BCUT2D eigenvalue weighted by Gasteiger charge is -2.22. The third-order valence-electron chi connectivity index (χ3n) is 2.93. The van der Waals surface area contributed by atoms with Gasteiger partial charge in [-0.25, -0.2) is 8.42 Å². The highest BCUT2D eigenvalue weighted by Crippen LogP contribution is 2.27. The van der Waals surface area contributed by atoms with Gasteiger partial charge in [0, 0.05) is 12.3 Å². The van der Waals surface area contributed by atoms with Crippen LogP contribution in [0.3, 0.4) is 0 Å². The summed E-state index contributed by atoms with van der Waals surface area (Å²) in [5.41, 5.74) is 0.292. The van der Waals surface area contributed by atoms with Gasteiger partial charge >= 0.3 is 0 Å². The summed E-state index contributed by atoms with van der Waals surface area (Å²) in [7, 11) is -3.50. The molecule has 1 rings (SSSR count). The molecule has 0 amide bonds. The van der Waals surface area contributed by atoms with Crippen LogP contribution in [-0.2, 0) is 9.84 Å². The van der Waals surface area contributed by atoms with E-state index in [4.69, 9.17) is 0 Å². The number of sulfone groups is 1. The van der Waals surface area contributed by atoms with Crippen LogP contribution in [0, 0.1) is 0 Å². The smallest absolute Gasteiger partial charge is 0.202 e. The lowest BCUT2D eigenvalue weighted by atomic mass is 10.1. The maximum absolute atomic E-state index is 12.5. The first-order valence-electron chi connectivity index (χ1n) is 5.47. The number of hydrogen-bond donors (Lipinski definition) is 0. The van der Waals surface area contributed by atoms with E-state index in [1.807, 2.05) is 13.8 Å². The Morgan fingerprint density at radius 1 is 1.44 bits per heavy atom. The monoisotopic (exact) mass is 336 g/mol. The minimum atomic E-state index is -3.50. The van der Waals surface area contributed by atoms with Crippen LogP contribution >= 0.6 is 15.9 Å². The Balaban J connectivity index is 3.41. The fourth-order valence-electron chi connectivity index (χ4n) is 1.40. The maximum atomic E-state index is 12.5. The molecule has 0 spiro atoms. The molecule has 0 aliphatic carbocycles. The Labute approximate surface area is 116 Å². The van der Waals surface area contributed by atoms with Crippen LogP contribution in [0.5, 0.6) is 0 Å². The number of rotatable bonds is 4. The number of carbonyl (C=O) groups excluding carboxylic acids is 1. The number of aromatic nitrogens is 2. The molecular formula is C11H17BrN2O3S. The second kappa shape index (κ2) is 4.77. The summed E-state index contributed by atoms with van der Waals surface area (Å²) in [4.78, 5) is 12.5. The number of halogens is 1. The van der Waals surface area contributed by atoms with E-state index in [1.54, 1.807) is 0 Å². The van der Waals surface area contributed by atoms with Gasteiger partial charge in [-0.1, -0.05) is 0 Å². The molecule has 0 bridgehead atoms. The van der Waals surface area contributed by atoms with Gasteiger partial charge in [0.2, 0.25) is 5.78 Å². The zero-order chi connectivity index (χ0) is 14.3. The Hall–Kier alpha value is -0.690. The van der Waals surface area contributed by atoms with Crippen LogP contribution < -0.4 is 0 Å². The first-order valence-corrected chi connectivity index (χ1v) is 8.16. The van der Waals surface area contributed by atoms with E-state index in [0.717, 1.165) is 6.26 Å². The molecule has 0 atom stereocenters. The Morgan fingerprint density at radius 3 is 2.33 bits per heavy atom. The summed E-state index contributed by atoms with van der Waals surface area (Å²) in [5, 5.41) is 4.09. The third kappa shape index (κ3) is 2.51. The van der Waals surface area contributed by atoms with Crippen LogP contribution in [0.15, 0.2) is 10.7 Å². The van der Waals surface area contributed by atoms with Crippen molar-refractivity contribution in [2.45, 2.75) is 38.5 Å². The van der Waals surface area contributed by atoms with Crippen molar-refractivity contribution in [2.24, 2.45) is 0 Å². The van der Waals surface area contributed by atoms with Gasteiger partial charge in [-0.3, -0.25) is 9.48 Å². The topological polar surface area (TPSA) is 69.0 Å². The highest BCUT2D eigenvalue weighted by Gasteiger charge is 2.41. The average Bonchev–Trinajstić information content (AvgIpc) is 2.57. The first kappa shape index (κ1) is 15.4. The molecule has 1 heterocycles. The zero-order valence-corrected chi connectivity index (χ0v) is 13.5. The molecule has 0 aromatic carbocycles. The SMILES string of the molecule is CC(C)n1ncc(Br)c1C(=O)C(C)(C)S(C)(=O)=O. The van der Waals surface area contributed by atoms with Crippen molar-refractivity contribution in [3.8, 4) is 0 Å². The molecule has 102 valence electrons. The van der Waals surface area contributed by atoms with Crippen molar-refractivity contribution in [1.29, 1.82) is 0 Å². The van der Waals surface area contributed by atoms with Gasteiger partial charge in [0.1, 0.15) is 10.4 Å². The molecule has 1 aromatic heterocycles. The van der Waals surface area contributed by atoms with E-state index in [0.29, 0.717) is 10.2 Å². The van der Waals surface area contributed by atoms with Crippen LogP contribution in [-0.4, -0.2) is 35.0 Å².